The molecule has 0 saturated carbocycles. The van der Waals surface area contributed by atoms with Crippen LogP contribution in [0.5, 0.6) is 0 Å². The molecule has 0 aliphatic heterocycles. The van der Waals surface area contributed by atoms with Gasteiger partial charge in [-0.25, -0.2) is 0 Å². The number of hydrogen-bond acceptors (Lipinski definition) is 1. The lowest BCUT2D eigenvalue weighted by Gasteiger charge is -2.10. The number of hydrogen-bond donors (Lipinski definition) is 0. The van der Waals surface area contributed by atoms with E-state index in [9.17, 15) is 0 Å². The van der Waals surface area contributed by atoms with E-state index >= 15 is 0 Å². The summed E-state index contributed by atoms with van der Waals surface area (Å²) in [4.78, 5) is 0. The maximum atomic E-state index is 5.66. The Kier molecular flexibility index (Phi) is 7.32. The highest BCUT2D eigenvalue weighted by atomic mass is 16.5. The van der Waals surface area contributed by atoms with Gasteiger partial charge in [0.25, 0.3) is 0 Å². The smallest absolute Gasteiger partial charge is 0.0721 e. The second-order valence-corrected chi connectivity index (χ2v) is 6.36. The van der Waals surface area contributed by atoms with Crippen LogP contribution >= 0.6 is 0 Å². The monoisotopic (exact) mass is 272 g/mol. The molecular formula is C19H28O. The fourth-order valence-corrected chi connectivity index (χ4v) is 1.80. The predicted molar refractivity (Wildman–Crippen MR) is 87.7 cm³/mol. The molecule has 0 radical (unpaired) electrons. The first-order valence-electron chi connectivity index (χ1n) is 7.42. The molecule has 0 heterocycles. The Balaban J connectivity index is 2.17. The highest BCUT2D eigenvalue weighted by molar-refractivity contribution is 5.13. The zero-order valence-corrected chi connectivity index (χ0v) is 13.4. The average molecular weight is 272 g/mol. The summed E-state index contributed by atoms with van der Waals surface area (Å²) < 4.78 is 5.66. The summed E-state index contributed by atoms with van der Waals surface area (Å²) in [5.74, 6) is 0. The largest absolute Gasteiger partial charge is 0.373 e. The van der Waals surface area contributed by atoms with E-state index in [-0.39, 0.29) is 5.41 Å². The van der Waals surface area contributed by atoms with Gasteiger partial charge in [0.05, 0.1) is 13.2 Å². The second-order valence-electron chi connectivity index (χ2n) is 6.36. The number of benzene rings is 1. The predicted octanol–water partition coefficient (Wildman–Crippen LogP) is 5.53. The third-order valence-corrected chi connectivity index (χ3v) is 2.98. The summed E-state index contributed by atoms with van der Waals surface area (Å²) in [5, 5.41) is 0. The minimum atomic E-state index is 0.288. The van der Waals surface area contributed by atoms with E-state index in [2.05, 4.69) is 58.1 Å². The van der Waals surface area contributed by atoms with Crippen molar-refractivity contribution in [3.63, 3.8) is 0 Å². The molecule has 0 amide bonds. The standard InChI is InChI=1S/C19H28O/c1-17(10-8-9-14-19(2,3)4)13-15-20-16-18-11-6-5-7-12-18/h5-7,9,11-14H,8,10,15-16H2,1-4H3/b14-9-,17-13-. The summed E-state index contributed by atoms with van der Waals surface area (Å²) in [6.07, 6.45) is 8.97. The van der Waals surface area contributed by atoms with Gasteiger partial charge in [-0.3, -0.25) is 0 Å². The van der Waals surface area contributed by atoms with Crippen LogP contribution in [-0.4, -0.2) is 6.61 Å². The van der Waals surface area contributed by atoms with Gasteiger partial charge in [0, 0.05) is 0 Å². The van der Waals surface area contributed by atoms with Gasteiger partial charge in [-0.15, -0.1) is 0 Å². The quantitative estimate of drug-likeness (QED) is 0.468. The van der Waals surface area contributed by atoms with Crippen LogP contribution in [0.15, 0.2) is 54.1 Å². The Morgan fingerprint density at radius 2 is 1.85 bits per heavy atom. The third-order valence-electron chi connectivity index (χ3n) is 2.98. The second kappa shape index (κ2) is 8.76. The Morgan fingerprint density at radius 1 is 1.15 bits per heavy atom. The minimum absolute atomic E-state index is 0.288. The van der Waals surface area contributed by atoms with Crippen LogP contribution in [-0.2, 0) is 11.3 Å². The van der Waals surface area contributed by atoms with Crippen molar-refractivity contribution in [2.75, 3.05) is 6.61 Å². The highest BCUT2D eigenvalue weighted by Gasteiger charge is 2.02. The van der Waals surface area contributed by atoms with Gasteiger partial charge < -0.3 is 4.74 Å². The molecule has 0 saturated heterocycles. The molecule has 0 atom stereocenters. The normalized spacial score (nSPS) is 13.1. The zero-order chi connectivity index (χ0) is 14.8. The zero-order valence-electron chi connectivity index (χ0n) is 13.4. The lowest BCUT2D eigenvalue weighted by molar-refractivity contribution is 0.148. The summed E-state index contributed by atoms with van der Waals surface area (Å²) in [6, 6.07) is 10.3. The van der Waals surface area contributed by atoms with Crippen LogP contribution in [0.2, 0.25) is 0 Å². The summed E-state index contributed by atoms with van der Waals surface area (Å²) in [5.41, 5.74) is 2.92. The molecule has 20 heavy (non-hydrogen) atoms. The van der Waals surface area contributed by atoms with Gasteiger partial charge in [-0.05, 0) is 30.7 Å². The number of rotatable bonds is 7. The molecular weight excluding hydrogens is 244 g/mol. The molecule has 0 unspecified atom stereocenters. The molecule has 110 valence electrons. The summed E-state index contributed by atoms with van der Waals surface area (Å²) >= 11 is 0. The van der Waals surface area contributed by atoms with Crippen molar-refractivity contribution >= 4 is 0 Å². The molecule has 1 rings (SSSR count). The molecule has 1 aromatic rings. The van der Waals surface area contributed by atoms with Gasteiger partial charge in [-0.2, -0.15) is 0 Å². The fourth-order valence-electron chi connectivity index (χ4n) is 1.80. The van der Waals surface area contributed by atoms with E-state index in [1.165, 1.54) is 11.1 Å². The first kappa shape index (κ1) is 16.7. The van der Waals surface area contributed by atoms with Crippen LogP contribution in [0.3, 0.4) is 0 Å². The van der Waals surface area contributed by atoms with E-state index in [1.807, 2.05) is 18.2 Å². The molecule has 0 N–H and O–H groups in total. The topological polar surface area (TPSA) is 9.23 Å². The number of ether oxygens (including phenoxy) is 1. The fraction of sp³-hybridized carbons (Fsp3) is 0.474. The van der Waals surface area contributed by atoms with Gasteiger partial charge >= 0.3 is 0 Å². The molecule has 1 aromatic carbocycles. The summed E-state index contributed by atoms with van der Waals surface area (Å²) in [7, 11) is 0. The number of allylic oxidation sites excluding steroid dienone is 3. The first-order chi connectivity index (χ1) is 9.47. The van der Waals surface area contributed by atoms with Crippen LogP contribution in [0.4, 0.5) is 0 Å². The lowest BCUT2D eigenvalue weighted by Crippen LogP contribution is -1.98. The third kappa shape index (κ3) is 8.71. The Bertz CT molecular complexity index is 421. The van der Waals surface area contributed by atoms with Crippen molar-refractivity contribution in [1.82, 2.24) is 0 Å². The SMILES string of the molecule is C/C(=C/COCc1ccccc1)CC/C=C\C(C)(C)C. The van der Waals surface area contributed by atoms with Gasteiger partial charge in [-0.1, -0.05) is 74.9 Å². The van der Waals surface area contributed by atoms with Crippen LogP contribution in [0, 0.1) is 5.41 Å². The van der Waals surface area contributed by atoms with Crippen molar-refractivity contribution in [2.24, 2.45) is 5.41 Å². The van der Waals surface area contributed by atoms with Crippen molar-refractivity contribution in [2.45, 2.75) is 47.1 Å². The maximum Gasteiger partial charge on any atom is 0.0721 e. The Labute approximate surface area is 124 Å². The van der Waals surface area contributed by atoms with Crippen LogP contribution < -0.4 is 0 Å². The van der Waals surface area contributed by atoms with E-state index in [1.54, 1.807) is 0 Å². The Hall–Kier alpha value is -1.34. The molecule has 0 aliphatic rings. The van der Waals surface area contributed by atoms with Gasteiger partial charge in [0.15, 0.2) is 0 Å². The minimum Gasteiger partial charge on any atom is -0.373 e. The van der Waals surface area contributed by atoms with Crippen molar-refractivity contribution < 1.29 is 4.74 Å². The first-order valence-corrected chi connectivity index (χ1v) is 7.42. The molecule has 0 aromatic heterocycles. The van der Waals surface area contributed by atoms with Crippen LogP contribution in [0.1, 0.15) is 46.1 Å². The molecule has 1 heteroatoms. The van der Waals surface area contributed by atoms with Crippen molar-refractivity contribution in [3.8, 4) is 0 Å². The lowest BCUT2D eigenvalue weighted by atomic mass is 9.95. The Morgan fingerprint density at radius 3 is 2.50 bits per heavy atom. The molecule has 0 fully saturated rings. The molecule has 0 aliphatic carbocycles. The summed E-state index contributed by atoms with van der Waals surface area (Å²) in [6.45, 7) is 10.2. The van der Waals surface area contributed by atoms with Gasteiger partial charge in [0.2, 0.25) is 0 Å². The van der Waals surface area contributed by atoms with Crippen molar-refractivity contribution in [1.29, 1.82) is 0 Å². The van der Waals surface area contributed by atoms with Crippen LogP contribution in [0.25, 0.3) is 0 Å². The van der Waals surface area contributed by atoms with E-state index in [4.69, 9.17) is 4.74 Å². The molecule has 0 spiro atoms. The molecule has 0 bridgehead atoms. The van der Waals surface area contributed by atoms with E-state index in [0.717, 1.165) is 12.8 Å². The highest BCUT2D eigenvalue weighted by Crippen LogP contribution is 2.16. The average Bonchev–Trinajstić information content (AvgIpc) is 2.40. The van der Waals surface area contributed by atoms with Crippen molar-refractivity contribution in [3.05, 3.63) is 59.7 Å². The maximum absolute atomic E-state index is 5.66. The van der Waals surface area contributed by atoms with Gasteiger partial charge in [0.1, 0.15) is 0 Å². The van der Waals surface area contributed by atoms with E-state index in [0.29, 0.717) is 13.2 Å². The molecule has 1 nitrogen and oxygen atoms in total. The van der Waals surface area contributed by atoms with E-state index < -0.39 is 0 Å².